The molecule has 2 unspecified atom stereocenters. The molecule has 4 aliphatic rings. The second-order valence-corrected chi connectivity index (χ2v) is 11.2. The molecule has 1 heterocycles. The van der Waals surface area contributed by atoms with Crippen molar-refractivity contribution in [2.75, 3.05) is 0 Å². The predicted octanol–water partition coefficient (Wildman–Crippen LogP) is 2.26. The maximum Gasteiger partial charge on any atom is 0.333 e. The largest absolute Gasteiger partial charge is 0.459 e. The minimum atomic E-state index is -1.21. The first-order valence-corrected chi connectivity index (χ1v) is 12.0. The molecule has 0 spiro atoms. The summed E-state index contributed by atoms with van der Waals surface area (Å²) < 4.78 is 17.5. The first-order chi connectivity index (χ1) is 15.7. The lowest BCUT2D eigenvalue weighted by Crippen LogP contribution is -2.40. The van der Waals surface area contributed by atoms with E-state index in [9.17, 15) is 24.6 Å². The zero-order chi connectivity index (χ0) is 25.4. The number of ether oxygens (including phenoxy) is 3. The standard InChI is InChI=1S/C26H36O8/c1-8-12(2)23(31)33-21-19-18(24(19,6)7)16(28)9-17(29)25-11-14(4)22(32-15(5)27)26(25,34-25)10-13(3)20(21)30/h8,10,14,16,18-22,28,30H,9,11H2,1-7H3/b12-8-,13-10+/t14-,16-,18+,19-,20+,21?,22?,25+,26+/m0/s1. The lowest BCUT2D eigenvalue weighted by molar-refractivity contribution is -0.153. The summed E-state index contributed by atoms with van der Waals surface area (Å²) in [5.74, 6) is -2.09. The number of Topliss-reactive ketones (excluding diaryl/α,β-unsaturated/α-hetero) is 1. The maximum atomic E-state index is 13.5. The molecule has 0 amide bonds. The molecule has 2 N–H and O–H groups in total. The molecule has 1 aliphatic heterocycles. The molecule has 3 fully saturated rings. The van der Waals surface area contributed by atoms with Crippen molar-refractivity contribution in [2.45, 2.75) is 96.9 Å². The number of hydrogen-bond acceptors (Lipinski definition) is 8. The van der Waals surface area contributed by atoms with E-state index in [-0.39, 0.29) is 30.0 Å². The number of carbonyl (C=O) groups is 3. The van der Waals surface area contributed by atoms with Crippen LogP contribution in [-0.2, 0) is 28.6 Å². The van der Waals surface area contributed by atoms with Gasteiger partial charge in [0.1, 0.15) is 18.3 Å². The Kier molecular flexibility index (Phi) is 5.90. The van der Waals surface area contributed by atoms with E-state index < -0.39 is 53.0 Å². The van der Waals surface area contributed by atoms with Crippen LogP contribution in [0.15, 0.2) is 23.3 Å². The average Bonchev–Trinajstić information content (AvgIpc) is 3.54. The van der Waals surface area contributed by atoms with Gasteiger partial charge in [0.15, 0.2) is 17.0 Å². The summed E-state index contributed by atoms with van der Waals surface area (Å²) in [6.07, 6.45) is -0.243. The van der Waals surface area contributed by atoms with Gasteiger partial charge in [0.05, 0.1) is 6.10 Å². The van der Waals surface area contributed by atoms with E-state index in [2.05, 4.69) is 0 Å². The van der Waals surface area contributed by atoms with Crippen LogP contribution in [0.5, 0.6) is 0 Å². The average molecular weight is 477 g/mol. The van der Waals surface area contributed by atoms with Crippen molar-refractivity contribution in [1.82, 2.24) is 0 Å². The van der Waals surface area contributed by atoms with E-state index in [0.717, 1.165) is 0 Å². The Labute approximate surface area is 200 Å². The molecule has 1 saturated heterocycles. The minimum absolute atomic E-state index is 0.122. The first-order valence-electron chi connectivity index (χ1n) is 12.0. The summed E-state index contributed by atoms with van der Waals surface area (Å²) in [5, 5.41) is 22.5. The summed E-state index contributed by atoms with van der Waals surface area (Å²) in [6.45, 7) is 12.2. The first kappa shape index (κ1) is 25.1. The van der Waals surface area contributed by atoms with Gasteiger partial charge in [-0.15, -0.1) is 0 Å². The quantitative estimate of drug-likeness (QED) is 0.275. The molecular formula is C26H36O8. The minimum Gasteiger partial charge on any atom is -0.459 e. The third-order valence-electron chi connectivity index (χ3n) is 8.60. The molecule has 8 nitrogen and oxygen atoms in total. The van der Waals surface area contributed by atoms with Crippen LogP contribution in [0, 0.1) is 23.2 Å². The fraction of sp³-hybridized carbons (Fsp3) is 0.731. The zero-order valence-electron chi connectivity index (χ0n) is 21.0. The molecular weight excluding hydrogens is 440 g/mol. The molecule has 0 aromatic heterocycles. The molecule has 0 bridgehead atoms. The van der Waals surface area contributed by atoms with E-state index in [1.54, 1.807) is 32.9 Å². The van der Waals surface area contributed by atoms with Gasteiger partial charge < -0.3 is 24.4 Å². The van der Waals surface area contributed by atoms with Crippen molar-refractivity contribution in [3.63, 3.8) is 0 Å². The smallest absolute Gasteiger partial charge is 0.333 e. The number of epoxide rings is 1. The number of aliphatic hydroxyl groups excluding tert-OH is 2. The van der Waals surface area contributed by atoms with E-state index in [1.165, 1.54) is 6.92 Å². The van der Waals surface area contributed by atoms with Crippen LogP contribution in [0.3, 0.4) is 0 Å². The molecule has 4 rings (SSSR count). The molecule has 9 atom stereocenters. The molecule has 0 aromatic rings. The van der Waals surface area contributed by atoms with Gasteiger partial charge in [-0.1, -0.05) is 26.8 Å². The van der Waals surface area contributed by atoms with Crippen LogP contribution in [0.4, 0.5) is 0 Å². The number of carbonyl (C=O) groups excluding carboxylic acids is 3. The van der Waals surface area contributed by atoms with Crippen molar-refractivity contribution in [3.8, 4) is 0 Å². The second kappa shape index (κ2) is 8.00. The van der Waals surface area contributed by atoms with Gasteiger partial charge in [-0.25, -0.2) is 4.79 Å². The molecule has 2 saturated carbocycles. The van der Waals surface area contributed by atoms with Gasteiger partial charge in [0.25, 0.3) is 0 Å². The molecule has 188 valence electrons. The normalized spacial score (nSPS) is 46.6. The highest BCUT2D eigenvalue weighted by Crippen LogP contribution is 2.67. The third kappa shape index (κ3) is 3.48. The van der Waals surface area contributed by atoms with E-state index in [0.29, 0.717) is 17.6 Å². The fourth-order valence-corrected chi connectivity index (χ4v) is 6.65. The van der Waals surface area contributed by atoms with E-state index >= 15 is 0 Å². The lowest BCUT2D eigenvalue weighted by Gasteiger charge is -2.27. The van der Waals surface area contributed by atoms with Crippen LogP contribution in [-0.4, -0.2) is 63.6 Å². The maximum absolute atomic E-state index is 13.5. The molecule has 34 heavy (non-hydrogen) atoms. The van der Waals surface area contributed by atoms with Crippen molar-refractivity contribution in [1.29, 1.82) is 0 Å². The highest BCUT2D eigenvalue weighted by Gasteiger charge is 2.83. The van der Waals surface area contributed by atoms with Gasteiger partial charge in [0, 0.05) is 24.8 Å². The molecule has 8 heteroatoms. The summed E-state index contributed by atoms with van der Waals surface area (Å²) in [7, 11) is 0. The Morgan fingerprint density at radius 2 is 1.82 bits per heavy atom. The van der Waals surface area contributed by atoms with E-state index in [4.69, 9.17) is 14.2 Å². The molecule has 3 aliphatic carbocycles. The topological polar surface area (TPSA) is 123 Å². The third-order valence-corrected chi connectivity index (χ3v) is 8.60. The molecule has 0 radical (unpaired) electrons. The van der Waals surface area contributed by atoms with Crippen molar-refractivity contribution >= 4 is 17.7 Å². The van der Waals surface area contributed by atoms with Crippen molar-refractivity contribution in [3.05, 3.63) is 23.3 Å². The number of esters is 2. The Hall–Kier alpha value is -2.03. The summed E-state index contributed by atoms with van der Waals surface area (Å²) in [5.41, 5.74) is -1.98. The number of aliphatic hydroxyl groups is 2. The SMILES string of the molecule is C/C=C(/C)C(=O)OC1[C@H](O)/C(C)=C/[C@]23O[C@]2(C[C@H](C)C3OC(C)=O)C(=O)C[C@H](O)[C@@H]2[C@@H]1C2(C)C. The van der Waals surface area contributed by atoms with E-state index in [1.807, 2.05) is 20.8 Å². The second-order valence-electron chi connectivity index (χ2n) is 11.2. The van der Waals surface area contributed by atoms with Crippen LogP contribution in [0.1, 0.15) is 61.3 Å². The predicted molar refractivity (Wildman–Crippen MR) is 121 cm³/mol. The van der Waals surface area contributed by atoms with Crippen molar-refractivity contribution < 1.29 is 38.8 Å². The monoisotopic (exact) mass is 476 g/mol. The summed E-state index contributed by atoms with van der Waals surface area (Å²) in [6, 6.07) is 0. The van der Waals surface area contributed by atoms with Crippen LogP contribution in [0.2, 0.25) is 0 Å². The lowest BCUT2D eigenvalue weighted by atomic mass is 9.85. The number of hydrogen-bond donors (Lipinski definition) is 2. The number of rotatable bonds is 3. The number of allylic oxidation sites excluding steroid dienone is 1. The Bertz CT molecular complexity index is 979. The van der Waals surface area contributed by atoms with Crippen LogP contribution in [0.25, 0.3) is 0 Å². The summed E-state index contributed by atoms with van der Waals surface area (Å²) in [4.78, 5) is 38.0. The van der Waals surface area contributed by atoms with Crippen LogP contribution >= 0.6 is 0 Å². The van der Waals surface area contributed by atoms with Gasteiger partial charge >= 0.3 is 11.9 Å². The zero-order valence-corrected chi connectivity index (χ0v) is 21.0. The Balaban J connectivity index is 1.79. The summed E-state index contributed by atoms with van der Waals surface area (Å²) >= 11 is 0. The van der Waals surface area contributed by atoms with Gasteiger partial charge in [-0.2, -0.15) is 0 Å². The number of fused-ring (bicyclic) bond motifs is 1. The Morgan fingerprint density at radius 1 is 1.18 bits per heavy atom. The van der Waals surface area contributed by atoms with Gasteiger partial charge in [-0.05, 0) is 56.1 Å². The highest BCUT2D eigenvalue weighted by atomic mass is 16.7. The fourth-order valence-electron chi connectivity index (χ4n) is 6.65. The Morgan fingerprint density at radius 3 is 2.41 bits per heavy atom. The van der Waals surface area contributed by atoms with Gasteiger partial charge in [-0.3, -0.25) is 9.59 Å². The van der Waals surface area contributed by atoms with Gasteiger partial charge in [0.2, 0.25) is 0 Å². The number of ketones is 1. The van der Waals surface area contributed by atoms with Crippen molar-refractivity contribution in [2.24, 2.45) is 23.2 Å². The van der Waals surface area contributed by atoms with Crippen LogP contribution < -0.4 is 0 Å². The highest BCUT2D eigenvalue weighted by molar-refractivity contribution is 5.94. The molecule has 0 aromatic carbocycles.